The number of aryl methyl sites for hydroxylation is 2. The summed E-state index contributed by atoms with van der Waals surface area (Å²) in [5, 5.41) is 3.39. The van der Waals surface area contributed by atoms with Gasteiger partial charge in [0.2, 0.25) is 5.91 Å². The van der Waals surface area contributed by atoms with Crippen LogP contribution in [0.2, 0.25) is 0 Å². The Morgan fingerprint density at radius 2 is 2.06 bits per heavy atom. The van der Waals surface area contributed by atoms with Crippen molar-refractivity contribution >= 4 is 39.2 Å². The fourth-order valence-corrected chi connectivity index (χ4v) is 5.19. The minimum Gasteiger partial charge on any atom is -0.486 e. The molecule has 4 rings (SSSR count). The SMILES string of the molecule is Cc1sc2nc(CS[C@H](C)C(=O)NCCc3ccc4c(c3)OCCO4)[nH]c(=O)c2c1C. The first kappa shape index (κ1) is 21.7. The quantitative estimate of drug-likeness (QED) is 0.563. The van der Waals surface area contributed by atoms with Crippen LogP contribution in [0.3, 0.4) is 0 Å². The highest BCUT2D eigenvalue weighted by molar-refractivity contribution is 7.99. The van der Waals surface area contributed by atoms with E-state index in [1.165, 1.54) is 23.1 Å². The van der Waals surface area contributed by atoms with Crippen molar-refractivity contribution in [2.24, 2.45) is 0 Å². The minimum atomic E-state index is -0.256. The summed E-state index contributed by atoms with van der Waals surface area (Å²) in [4.78, 5) is 34.1. The molecular formula is C22H25N3O4S2. The van der Waals surface area contributed by atoms with E-state index in [9.17, 15) is 9.59 Å². The van der Waals surface area contributed by atoms with E-state index in [0.717, 1.165) is 32.3 Å². The Hall–Kier alpha value is -2.52. The number of amides is 1. The van der Waals surface area contributed by atoms with Crippen molar-refractivity contribution in [2.75, 3.05) is 19.8 Å². The first-order chi connectivity index (χ1) is 14.9. The average Bonchev–Trinajstić information content (AvgIpc) is 3.05. The number of carbonyl (C=O) groups is 1. The van der Waals surface area contributed by atoms with Crippen LogP contribution in [0.5, 0.6) is 11.5 Å². The molecule has 1 aliphatic heterocycles. The monoisotopic (exact) mass is 459 g/mol. The number of hydrogen-bond donors (Lipinski definition) is 2. The molecule has 1 aliphatic rings. The molecule has 0 aliphatic carbocycles. The molecule has 2 N–H and O–H groups in total. The maximum Gasteiger partial charge on any atom is 0.259 e. The van der Waals surface area contributed by atoms with E-state index in [1.54, 1.807) is 0 Å². The third-order valence-corrected chi connectivity index (χ3v) is 7.50. The number of aromatic amines is 1. The number of fused-ring (bicyclic) bond motifs is 2. The number of nitrogens with zero attached hydrogens (tertiary/aromatic N) is 1. The summed E-state index contributed by atoms with van der Waals surface area (Å²) in [5.74, 6) is 2.56. The summed E-state index contributed by atoms with van der Waals surface area (Å²) < 4.78 is 11.1. The Bertz CT molecular complexity index is 1170. The van der Waals surface area contributed by atoms with E-state index in [1.807, 2.05) is 39.0 Å². The fourth-order valence-electron chi connectivity index (χ4n) is 3.36. The van der Waals surface area contributed by atoms with Gasteiger partial charge in [-0.2, -0.15) is 0 Å². The molecule has 1 amide bonds. The van der Waals surface area contributed by atoms with Gasteiger partial charge in [-0.3, -0.25) is 9.59 Å². The van der Waals surface area contributed by atoms with Crippen molar-refractivity contribution in [1.82, 2.24) is 15.3 Å². The van der Waals surface area contributed by atoms with Crippen LogP contribution in [0, 0.1) is 13.8 Å². The number of thiophene rings is 1. The third kappa shape index (κ3) is 4.88. The van der Waals surface area contributed by atoms with Crippen molar-refractivity contribution in [3.05, 3.63) is 50.4 Å². The number of ether oxygens (including phenoxy) is 2. The molecule has 3 heterocycles. The number of carbonyl (C=O) groups excluding carboxylic acids is 1. The van der Waals surface area contributed by atoms with Crippen LogP contribution in [-0.2, 0) is 17.0 Å². The van der Waals surface area contributed by atoms with Gasteiger partial charge in [0, 0.05) is 11.4 Å². The molecular weight excluding hydrogens is 434 g/mol. The minimum absolute atomic E-state index is 0.0335. The topological polar surface area (TPSA) is 93.3 Å². The largest absolute Gasteiger partial charge is 0.486 e. The number of hydrogen-bond acceptors (Lipinski definition) is 7. The van der Waals surface area contributed by atoms with Crippen molar-refractivity contribution in [3.63, 3.8) is 0 Å². The van der Waals surface area contributed by atoms with Gasteiger partial charge in [0.15, 0.2) is 11.5 Å². The summed E-state index contributed by atoms with van der Waals surface area (Å²) in [7, 11) is 0. The molecule has 0 fully saturated rings. The highest BCUT2D eigenvalue weighted by Gasteiger charge is 2.16. The fraction of sp³-hybridized carbons (Fsp3) is 0.409. The molecule has 7 nitrogen and oxygen atoms in total. The van der Waals surface area contributed by atoms with Crippen LogP contribution in [0.15, 0.2) is 23.0 Å². The molecule has 0 radical (unpaired) electrons. The van der Waals surface area contributed by atoms with Gasteiger partial charge < -0.3 is 19.8 Å². The van der Waals surface area contributed by atoms with E-state index in [-0.39, 0.29) is 16.7 Å². The lowest BCUT2D eigenvalue weighted by molar-refractivity contribution is -0.120. The second-order valence-corrected chi connectivity index (χ2v) is 9.98. The Morgan fingerprint density at radius 3 is 2.87 bits per heavy atom. The first-order valence-electron chi connectivity index (χ1n) is 10.2. The summed E-state index contributed by atoms with van der Waals surface area (Å²) in [6.45, 7) is 7.46. The second kappa shape index (κ2) is 9.32. The van der Waals surface area contributed by atoms with Crippen molar-refractivity contribution in [1.29, 1.82) is 0 Å². The van der Waals surface area contributed by atoms with Gasteiger partial charge in [-0.15, -0.1) is 23.1 Å². The molecule has 9 heteroatoms. The Balaban J connectivity index is 1.28. The second-order valence-electron chi connectivity index (χ2n) is 7.45. The Kier molecular flexibility index (Phi) is 6.52. The van der Waals surface area contributed by atoms with E-state index < -0.39 is 0 Å². The zero-order chi connectivity index (χ0) is 22.0. The number of benzene rings is 1. The van der Waals surface area contributed by atoms with E-state index >= 15 is 0 Å². The van der Waals surface area contributed by atoms with E-state index in [4.69, 9.17) is 9.47 Å². The van der Waals surface area contributed by atoms with Crippen LogP contribution in [0.1, 0.15) is 28.8 Å². The Labute approximate surface area is 188 Å². The Morgan fingerprint density at radius 1 is 1.29 bits per heavy atom. The van der Waals surface area contributed by atoms with Crippen molar-refractivity contribution < 1.29 is 14.3 Å². The van der Waals surface area contributed by atoms with E-state index in [0.29, 0.717) is 43.1 Å². The van der Waals surface area contributed by atoms with Gasteiger partial charge in [0.1, 0.15) is 23.9 Å². The van der Waals surface area contributed by atoms with Gasteiger partial charge in [0.05, 0.1) is 16.4 Å². The smallest absolute Gasteiger partial charge is 0.259 e. The number of rotatable bonds is 7. The number of thioether (sulfide) groups is 1. The van der Waals surface area contributed by atoms with Gasteiger partial charge in [-0.25, -0.2) is 4.98 Å². The lowest BCUT2D eigenvalue weighted by Crippen LogP contribution is -2.32. The summed E-state index contributed by atoms with van der Waals surface area (Å²) in [6, 6.07) is 5.86. The van der Waals surface area contributed by atoms with Crippen LogP contribution < -0.4 is 20.3 Å². The highest BCUT2D eigenvalue weighted by atomic mass is 32.2. The lowest BCUT2D eigenvalue weighted by atomic mass is 10.1. The lowest BCUT2D eigenvalue weighted by Gasteiger charge is -2.19. The molecule has 0 bridgehead atoms. The maximum absolute atomic E-state index is 12.4. The maximum atomic E-state index is 12.4. The van der Waals surface area contributed by atoms with Crippen molar-refractivity contribution in [2.45, 2.75) is 38.2 Å². The van der Waals surface area contributed by atoms with Crippen LogP contribution in [0.4, 0.5) is 0 Å². The molecule has 0 spiro atoms. The molecule has 0 saturated heterocycles. The number of H-pyrrole nitrogens is 1. The zero-order valence-electron chi connectivity index (χ0n) is 17.7. The molecule has 31 heavy (non-hydrogen) atoms. The molecule has 0 saturated carbocycles. The zero-order valence-corrected chi connectivity index (χ0v) is 19.4. The molecule has 2 aromatic heterocycles. The predicted molar refractivity (Wildman–Crippen MR) is 125 cm³/mol. The number of nitrogens with one attached hydrogen (secondary N) is 2. The standard InChI is InChI=1S/C22H25N3O4S2/c1-12-13(2)31-22-19(12)21(27)24-18(25-22)11-30-14(3)20(26)23-7-6-15-4-5-16-17(10-15)29-9-8-28-16/h4-5,10,14H,6-9,11H2,1-3H3,(H,23,26)(H,24,25,27)/t14-/m1/s1. The predicted octanol–water partition coefficient (Wildman–Crippen LogP) is 3.35. The normalized spacial score (nSPS) is 13.9. The third-order valence-electron chi connectivity index (χ3n) is 5.25. The van der Waals surface area contributed by atoms with Crippen LogP contribution >= 0.6 is 23.1 Å². The first-order valence-corrected chi connectivity index (χ1v) is 12.1. The van der Waals surface area contributed by atoms with E-state index in [2.05, 4.69) is 15.3 Å². The molecule has 1 atom stereocenters. The summed E-state index contributed by atoms with van der Waals surface area (Å²) >= 11 is 2.98. The molecule has 3 aromatic rings. The average molecular weight is 460 g/mol. The van der Waals surface area contributed by atoms with Gasteiger partial charge in [-0.1, -0.05) is 6.07 Å². The molecule has 0 unspecified atom stereocenters. The summed E-state index contributed by atoms with van der Waals surface area (Å²) in [6.07, 6.45) is 0.711. The van der Waals surface area contributed by atoms with Crippen LogP contribution in [0.25, 0.3) is 10.2 Å². The van der Waals surface area contributed by atoms with Gasteiger partial charge in [0.25, 0.3) is 5.56 Å². The highest BCUT2D eigenvalue weighted by Crippen LogP contribution is 2.31. The number of aromatic nitrogens is 2. The summed E-state index contributed by atoms with van der Waals surface area (Å²) in [5.41, 5.74) is 1.96. The molecule has 164 valence electrons. The van der Waals surface area contributed by atoms with Gasteiger partial charge in [-0.05, 0) is 50.5 Å². The van der Waals surface area contributed by atoms with Crippen LogP contribution in [-0.4, -0.2) is 40.9 Å². The van der Waals surface area contributed by atoms with Crippen molar-refractivity contribution in [3.8, 4) is 11.5 Å². The molecule has 1 aromatic carbocycles. The van der Waals surface area contributed by atoms with Gasteiger partial charge >= 0.3 is 0 Å².